The molecule has 0 unspecified atom stereocenters. The van der Waals surface area contributed by atoms with E-state index in [1.807, 2.05) is 36.4 Å². The maximum Gasteiger partial charge on any atom is 0.221 e. The molecule has 0 spiro atoms. The number of hydrogen-bond donors (Lipinski definition) is 2. The molecule has 2 N–H and O–H groups in total. The van der Waals surface area contributed by atoms with Crippen molar-refractivity contribution >= 4 is 0 Å². The van der Waals surface area contributed by atoms with Crippen molar-refractivity contribution in [3.63, 3.8) is 0 Å². The smallest absolute Gasteiger partial charge is 0.221 e. The third-order valence-electron chi connectivity index (χ3n) is 2.60. The van der Waals surface area contributed by atoms with Gasteiger partial charge in [0.05, 0.1) is 0 Å². The normalized spacial score (nSPS) is 11.4. The fourth-order valence-corrected chi connectivity index (χ4v) is 1.75. The minimum Gasteiger partial charge on any atom is -0.370 e. The van der Waals surface area contributed by atoms with E-state index in [0.717, 1.165) is 0 Å². The molecule has 0 aliphatic carbocycles. The predicted molar refractivity (Wildman–Crippen MR) is 64.1 cm³/mol. The second-order valence-corrected chi connectivity index (χ2v) is 3.65. The standard InChI is InChI=1S/C14H14O3/c15-11-17-14(16,12-7-3-1-4-8-12)13-9-5-2-6-10-13/h1-10,15-16H,11H2. The highest BCUT2D eigenvalue weighted by molar-refractivity contribution is 5.33. The van der Waals surface area contributed by atoms with Gasteiger partial charge in [0.15, 0.2) is 0 Å². The van der Waals surface area contributed by atoms with Crippen LogP contribution in [0.4, 0.5) is 0 Å². The second-order valence-electron chi connectivity index (χ2n) is 3.65. The fourth-order valence-electron chi connectivity index (χ4n) is 1.75. The summed E-state index contributed by atoms with van der Waals surface area (Å²) in [5.41, 5.74) is 1.17. The molecule has 0 amide bonds. The maximum absolute atomic E-state index is 10.6. The van der Waals surface area contributed by atoms with Crippen LogP contribution in [-0.2, 0) is 10.5 Å². The molecule has 0 radical (unpaired) electrons. The number of aliphatic hydroxyl groups excluding tert-OH is 1. The van der Waals surface area contributed by atoms with Crippen molar-refractivity contribution in [2.75, 3.05) is 6.79 Å². The lowest BCUT2D eigenvalue weighted by Crippen LogP contribution is -2.31. The van der Waals surface area contributed by atoms with Gasteiger partial charge < -0.3 is 14.9 Å². The van der Waals surface area contributed by atoms with Crippen molar-refractivity contribution in [3.05, 3.63) is 71.8 Å². The Hall–Kier alpha value is -1.68. The first kappa shape index (κ1) is 11.8. The molecule has 0 atom stereocenters. The first-order valence-electron chi connectivity index (χ1n) is 5.35. The monoisotopic (exact) mass is 230 g/mol. The predicted octanol–water partition coefficient (Wildman–Crippen LogP) is 1.85. The third kappa shape index (κ3) is 2.36. The van der Waals surface area contributed by atoms with Crippen LogP contribution in [0, 0.1) is 0 Å². The van der Waals surface area contributed by atoms with Crippen LogP contribution in [0.25, 0.3) is 0 Å². The summed E-state index contributed by atoms with van der Waals surface area (Å²) in [7, 11) is 0. The van der Waals surface area contributed by atoms with Crippen LogP contribution in [0.3, 0.4) is 0 Å². The molecule has 0 aliphatic heterocycles. The summed E-state index contributed by atoms with van der Waals surface area (Å²) in [6.45, 7) is -0.555. The summed E-state index contributed by atoms with van der Waals surface area (Å²) in [5.74, 6) is -1.61. The summed E-state index contributed by atoms with van der Waals surface area (Å²) in [5, 5.41) is 19.5. The summed E-state index contributed by atoms with van der Waals surface area (Å²) >= 11 is 0. The van der Waals surface area contributed by atoms with Gasteiger partial charge in [0.25, 0.3) is 0 Å². The highest BCUT2D eigenvalue weighted by atomic mass is 16.7. The quantitative estimate of drug-likeness (QED) is 0.788. The molecule has 88 valence electrons. The van der Waals surface area contributed by atoms with Crippen LogP contribution in [0.2, 0.25) is 0 Å². The van der Waals surface area contributed by atoms with Gasteiger partial charge >= 0.3 is 0 Å². The largest absolute Gasteiger partial charge is 0.370 e. The molecule has 0 aromatic heterocycles. The first-order valence-corrected chi connectivity index (χ1v) is 5.35. The van der Waals surface area contributed by atoms with Crippen LogP contribution in [0.15, 0.2) is 60.7 Å². The molecule has 3 heteroatoms. The Morgan fingerprint density at radius 3 is 1.59 bits per heavy atom. The lowest BCUT2D eigenvalue weighted by Gasteiger charge is -2.28. The van der Waals surface area contributed by atoms with Gasteiger partial charge in [-0.15, -0.1) is 0 Å². The van der Waals surface area contributed by atoms with Crippen LogP contribution >= 0.6 is 0 Å². The van der Waals surface area contributed by atoms with Gasteiger partial charge in [-0.3, -0.25) is 0 Å². The summed E-state index contributed by atoms with van der Waals surface area (Å²) in [6, 6.07) is 18.0. The van der Waals surface area contributed by atoms with E-state index >= 15 is 0 Å². The first-order chi connectivity index (χ1) is 8.27. The summed E-state index contributed by atoms with van der Waals surface area (Å²) in [6.07, 6.45) is 0. The molecule has 0 heterocycles. The van der Waals surface area contributed by atoms with Crippen molar-refractivity contribution in [3.8, 4) is 0 Å². The zero-order chi connectivity index (χ0) is 12.1. The van der Waals surface area contributed by atoms with E-state index in [1.54, 1.807) is 24.3 Å². The topological polar surface area (TPSA) is 49.7 Å². The Balaban J connectivity index is 2.47. The van der Waals surface area contributed by atoms with Crippen molar-refractivity contribution in [2.45, 2.75) is 5.79 Å². The van der Waals surface area contributed by atoms with Crippen LogP contribution < -0.4 is 0 Å². The molecule has 0 bridgehead atoms. The van der Waals surface area contributed by atoms with Gasteiger partial charge in [-0.05, 0) is 0 Å². The average Bonchev–Trinajstić information content (AvgIpc) is 2.41. The molecule has 17 heavy (non-hydrogen) atoms. The minimum absolute atomic E-state index is 0.555. The fraction of sp³-hybridized carbons (Fsp3) is 0.143. The highest BCUT2D eigenvalue weighted by Crippen LogP contribution is 2.30. The SMILES string of the molecule is OCOC(O)(c1ccccc1)c1ccccc1. The van der Waals surface area contributed by atoms with E-state index in [4.69, 9.17) is 9.84 Å². The van der Waals surface area contributed by atoms with Crippen LogP contribution in [0.5, 0.6) is 0 Å². The molecule has 0 aliphatic rings. The Morgan fingerprint density at radius 2 is 1.24 bits per heavy atom. The van der Waals surface area contributed by atoms with Gasteiger partial charge in [0.1, 0.15) is 6.79 Å². The summed E-state index contributed by atoms with van der Waals surface area (Å²) in [4.78, 5) is 0. The highest BCUT2D eigenvalue weighted by Gasteiger charge is 2.32. The van der Waals surface area contributed by atoms with Gasteiger partial charge in [-0.1, -0.05) is 60.7 Å². The van der Waals surface area contributed by atoms with E-state index in [0.29, 0.717) is 11.1 Å². The third-order valence-corrected chi connectivity index (χ3v) is 2.60. The number of aliphatic hydroxyl groups is 2. The Labute approximate surface area is 99.9 Å². The number of hydrogen-bond acceptors (Lipinski definition) is 3. The molecular formula is C14H14O3. The maximum atomic E-state index is 10.6. The molecule has 2 rings (SSSR count). The van der Waals surface area contributed by atoms with E-state index in [2.05, 4.69) is 0 Å². The number of ether oxygens (including phenoxy) is 1. The summed E-state index contributed by atoms with van der Waals surface area (Å²) < 4.78 is 5.11. The second kappa shape index (κ2) is 5.10. The zero-order valence-electron chi connectivity index (χ0n) is 9.28. The number of rotatable bonds is 4. The lowest BCUT2D eigenvalue weighted by atomic mass is 9.97. The van der Waals surface area contributed by atoms with E-state index in [9.17, 15) is 5.11 Å². The molecule has 0 saturated carbocycles. The van der Waals surface area contributed by atoms with E-state index in [1.165, 1.54) is 0 Å². The molecule has 2 aromatic carbocycles. The van der Waals surface area contributed by atoms with Crippen molar-refractivity contribution in [1.82, 2.24) is 0 Å². The van der Waals surface area contributed by atoms with E-state index in [-0.39, 0.29) is 0 Å². The average molecular weight is 230 g/mol. The van der Waals surface area contributed by atoms with Crippen molar-refractivity contribution in [2.24, 2.45) is 0 Å². The van der Waals surface area contributed by atoms with Gasteiger partial charge in [0.2, 0.25) is 5.79 Å². The Bertz CT molecular complexity index is 414. The van der Waals surface area contributed by atoms with Gasteiger partial charge in [-0.25, -0.2) is 0 Å². The van der Waals surface area contributed by atoms with Gasteiger partial charge in [0, 0.05) is 11.1 Å². The molecule has 3 nitrogen and oxygen atoms in total. The van der Waals surface area contributed by atoms with E-state index < -0.39 is 12.6 Å². The number of benzene rings is 2. The molecule has 0 fully saturated rings. The van der Waals surface area contributed by atoms with Crippen molar-refractivity contribution in [1.29, 1.82) is 0 Å². The Kier molecular flexibility index (Phi) is 3.54. The molecular weight excluding hydrogens is 216 g/mol. The molecule has 0 saturated heterocycles. The minimum atomic E-state index is -1.61. The van der Waals surface area contributed by atoms with Gasteiger partial charge in [-0.2, -0.15) is 0 Å². The zero-order valence-corrected chi connectivity index (χ0v) is 9.28. The lowest BCUT2D eigenvalue weighted by molar-refractivity contribution is -0.218. The van der Waals surface area contributed by atoms with Crippen molar-refractivity contribution < 1.29 is 14.9 Å². The van der Waals surface area contributed by atoms with Crippen LogP contribution in [-0.4, -0.2) is 17.0 Å². The Morgan fingerprint density at radius 1 is 0.824 bits per heavy atom. The van der Waals surface area contributed by atoms with Crippen LogP contribution in [0.1, 0.15) is 11.1 Å². The molecule has 2 aromatic rings.